The number of rotatable bonds is 6. The summed E-state index contributed by atoms with van der Waals surface area (Å²) in [6, 6.07) is 3.88. The Bertz CT molecular complexity index is 1270. The highest BCUT2D eigenvalue weighted by Gasteiger charge is 2.43. The van der Waals surface area contributed by atoms with Crippen molar-refractivity contribution in [3.8, 4) is 0 Å². The lowest BCUT2D eigenvalue weighted by Crippen LogP contribution is -2.34. The third kappa shape index (κ3) is 4.54. The van der Waals surface area contributed by atoms with Crippen LogP contribution in [0.5, 0.6) is 0 Å². The average Bonchev–Trinajstić information content (AvgIpc) is 3.00. The fourth-order valence-corrected chi connectivity index (χ4v) is 7.93. The van der Waals surface area contributed by atoms with Crippen LogP contribution in [-0.2, 0) is 14.4 Å². The van der Waals surface area contributed by atoms with Gasteiger partial charge in [0.15, 0.2) is 11.0 Å². The van der Waals surface area contributed by atoms with Gasteiger partial charge in [-0.1, -0.05) is 48.4 Å². The summed E-state index contributed by atoms with van der Waals surface area (Å²) in [6.07, 6.45) is 7.38. The quantitative estimate of drug-likeness (QED) is 0.361. The summed E-state index contributed by atoms with van der Waals surface area (Å²) >= 11 is 0. The van der Waals surface area contributed by atoms with Crippen molar-refractivity contribution in [3.05, 3.63) is 80.5 Å². The van der Waals surface area contributed by atoms with E-state index in [-0.39, 0.29) is 29.2 Å². The van der Waals surface area contributed by atoms with Gasteiger partial charge in [0.05, 0.1) is 14.2 Å². The van der Waals surface area contributed by atoms with Gasteiger partial charge in [0, 0.05) is 22.3 Å². The summed E-state index contributed by atoms with van der Waals surface area (Å²) in [5.41, 5.74) is 6.31. The molecule has 2 amide bonds. The number of imide groups is 1. The van der Waals surface area contributed by atoms with E-state index in [1.165, 1.54) is 5.57 Å². The molecule has 0 saturated carbocycles. The Morgan fingerprint density at radius 1 is 1.00 bits per heavy atom. The first-order valence-electron chi connectivity index (χ1n) is 12.1. The molecule has 0 fully saturated rings. The van der Waals surface area contributed by atoms with Crippen LogP contribution in [0, 0.1) is 26.7 Å². The van der Waals surface area contributed by atoms with Gasteiger partial charge in [0.25, 0.3) is 11.8 Å². The van der Waals surface area contributed by atoms with E-state index in [2.05, 4.69) is 0 Å². The zero-order valence-electron chi connectivity index (χ0n) is 21.3. The molecule has 0 bridgehead atoms. The van der Waals surface area contributed by atoms with Gasteiger partial charge >= 0.3 is 0 Å². The summed E-state index contributed by atoms with van der Waals surface area (Å²) < 4.78 is 0. The van der Waals surface area contributed by atoms with E-state index < -0.39 is 13.8 Å². The van der Waals surface area contributed by atoms with E-state index in [4.69, 9.17) is 0 Å². The van der Waals surface area contributed by atoms with Gasteiger partial charge in [-0.15, -0.1) is 0 Å². The predicted molar refractivity (Wildman–Crippen MR) is 139 cm³/mol. The van der Waals surface area contributed by atoms with E-state index >= 15 is 0 Å². The SMILES string of the molecule is CC1=CC(C)=C(C(=O)P(CN2C(=O)C3=C(CCC=C3)C2=O)C(=O)c2c(C)cc(C)cc2C)C(C)C1. The summed E-state index contributed by atoms with van der Waals surface area (Å²) in [4.78, 5) is 55.6. The van der Waals surface area contributed by atoms with Gasteiger partial charge in [-0.2, -0.15) is 0 Å². The first-order chi connectivity index (χ1) is 16.5. The molecule has 2 unspecified atom stereocenters. The second kappa shape index (κ2) is 9.62. The van der Waals surface area contributed by atoms with E-state index in [9.17, 15) is 19.2 Å². The van der Waals surface area contributed by atoms with Crippen molar-refractivity contribution in [1.82, 2.24) is 4.90 Å². The van der Waals surface area contributed by atoms with Crippen molar-refractivity contribution in [1.29, 1.82) is 0 Å². The van der Waals surface area contributed by atoms with Crippen LogP contribution in [0.2, 0.25) is 0 Å². The molecule has 3 aliphatic rings. The smallest absolute Gasteiger partial charge is 0.261 e. The topological polar surface area (TPSA) is 71.5 Å². The number of hydrogen-bond donors (Lipinski definition) is 0. The van der Waals surface area contributed by atoms with Gasteiger partial charge in [0.2, 0.25) is 0 Å². The van der Waals surface area contributed by atoms with Crippen LogP contribution >= 0.6 is 7.92 Å². The highest BCUT2D eigenvalue weighted by molar-refractivity contribution is 7.90. The summed E-state index contributed by atoms with van der Waals surface area (Å²) in [5, 5.41) is 0. The fraction of sp³-hybridized carbons (Fsp3) is 0.379. The van der Waals surface area contributed by atoms with Crippen LogP contribution in [0.25, 0.3) is 0 Å². The van der Waals surface area contributed by atoms with Crippen LogP contribution < -0.4 is 0 Å². The molecule has 2 aliphatic carbocycles. The van der Waals surface area contributed by atoms with Crippen molar-refractivity contribution in [2.24, 2.45) is 5.92 Å². The summed E-state index contributed by atoms with van der Waals surface area (Å²) in [6.45, 7) is 11.7. The normalized spacial score (nSPS) is 20.9. The van der Waals surface area contributed by atoms with E-state index in [1.807, 2.05) is 65.8 Å². The monoisotopic (exact) mass is 489 g/mol. The van der Waals surface area contributed by atoms with Crippen molar-refractivity contribution >= 4 is 30.8 Å². The molecule has 4 rings (SSSR count). The number of benzene rings is 1. The third-order valence-electron chi connectivity index (χ3n) is 7.05. The number of aryl methyl sites for hydroxylation is 3. The third-order valence-corrected chi connectivity index (χ3v) is 9.06. The summed E-state index contributed by atoms with van der Waals surface area (Å²) in [7, 11) is -2.02. The van der Waals surface area contributed by atoms with Gasteiger partial charge in [-0.25, -0.2) is 0 Å². The van der Waals surface area contributed by atoms with Crippen molar-refractivity contribution in [3.63, 3.8) is 0 Å². The lowest BCUT2D eigenvalue weighted by Gasteiger charge is -2.28. The first-order valence-corrected chi connectivity index (χ1v) is 13.6. The predicted octanol–water partition coefficient (Wildman–Crippen LogP) is 6.04. The molecule has 1 heterocycles. The zero-order chi connectivity index (χ0) is 25.6. The second-order valence-corrected chi connectivity index (χ2v) is 12.0. The van der Waals surface area contributed by atoms with E-state index in [0.29, 0.717) is 35.1 Å². The minimum Gasteiger partial charge on any atom is -0.289 e. The molecule has 1 aromatic carbocycles. The lowest BCUT2D eigenvalue weighted by molar-refractivity contribution is -0.136. The molecule has 0 N–H and O–H groups in total. The minimum atomic E-state index is -2.02. The maximum Gasteiger partial charge on any atom is 0.261 e. The first kappa shape index (κ1) is 25.2. The minimum absolute atomic E-state index is 0.0234. The zero-order valence-corrected chi connectivity index (χ0v) is 22.2. The van der Waals surface area contributed by atoms with Crippen LogP contribution in [0.3, 0.4) is 0 Å². The number of nitrogens with zero attached hydrogens (tertiary/aromatic N) is 1. The molecular weight excluding hydrogens is 457 g/mol. The van der Waals surface area contributed by atoms with Crippen molar-refractivity contribution in [2.75, 3.05) is 6.29 Å². The molecule has 1 aromatic rings. The molecule has 35 heavy (non-hydrogen) atoms. The molecule has 0 aromatic heterocycles. The Kier molecular flexibility index (Phi) is 6.92. The maximum absolute atomic E-state index is 14.1. The number of carbonyl (C=O) groups excluding carboxylic acids is 4. The molecule has 1 aliphatic heterocycles. The lowest BCUT2D eigenvalue weighted by atomic mass is 9.86. The molecular formula is C29H32NO4P. The highest BCUT2D eigenvalue weighted by atomic mass is 31.1. The van der Waals surface area contributed by atoms with E-state index in [1.54, 1.807) is 6.08 Å². The second-order valence-electron chi connectivity index (χ2n) is 10.0. The molecule has 0 saturated heterocycles. The Morgan fingerprint density at radius 2 is 1.66 bits per heavy atom. The average molecular weight is 490 g/mol. The number of hydrogen-bond acceptors (Lipinski definition) is 4. The number of carbonyl (C=O) groups is 4. The molecule has 5 nitrogen and oxygen atoms in total. The maximum atomic E-state index is 14.1. The van der Waals surface area contributed by atoms with Gasteiger partial charge in [-0.3, -0.25) is 24.1 Å². The number of amides is 2. The highest BCUT2D eigenvalue weighted by Crippen LogP contribution is 2.49. The molecule has 2 atom stereocenters. The Labute approximate surface area is 208 Å². The Balaban J connectivity index is 1.78. The Hall–Kier alpha value is -2.91. The van der Waals surface area contributed by atoms with Gasteiger partial charge < -0.3 is 0 Å². The largest absolute Gasteiger partial charge is 0.289 e. The molecule has 0 radical (unpaired) electrons. The van der Waals surface area contributed by atoms with Crippen LogP contribution in [0.1, 0.15) is 67.1 Å². The molecule has 182 valence electrons. The Morgan fingerprint density at radius 3 is 2.26 bits per heavy atom. The van der Waals surface area contributed by atoms with E-state index in [0.717, 1.165) is 33.6 Å². The van der Waals surface area contributed by atoms with Crippen LogP contribution in [-0.4, -0.2) is 34.0 Å². The van der Waals surface area contributed by atoms with Crippen LogP contribution in [0.4, 0.5) is 0 Å². The van der Waals surface area contributed by atoms with Gasteiger partial charge in [-0.05, 0) is 76.5 Å². The van der Waals surface area contributed by atoms with Gasteiger partial charge in [0.1, 0.15) is 0 Å². The summed E-state index contributed by atoms with van der Waals surface area (Å²) in [5.74, 6) is -0.785. The van der Waals surface area contributed by atoms with Crippen molar-refractivity contribution < 1.29 is 19.2 Å². The molecule has 6 heteroatoms. The standard InChI is InChI=1S/C29H32NO4P/c1-16-11-18(3)24(19(4)12-16)28(33)35(29(34)25-20(5)13-17(2)14-21(25)6)15-30-26(31)22-9-7-8-10-23(22)27(30)32/h7,9,11-13,21H,8,10,14-15H2,1-6H3. The number of allylic oxidation sites excluding steroid dienone is 5. The molecule has 0 spiro atoms. The van der Waals surface area contributed by atoms with Crippen LogP contribution in [0.15, 0.2) is 58.2 Å². The fourth-order valence-electron chi connectivity index (χ4n) is 5.63. The van der Waals surface area contributed by atoms with Crippen molar-refractivity contribution in [2.45, 2.75) is 60.8 Å².